The van der Waals surface area contributed by atoms with Gasteiger partial charge in [-0.25, -0.2) is 9.55 Å². The van der Waals surface area contributed by atoms with E-state index in [0.29, 0.717) is 10.7 Å². The standard InChI is InChI=1S/C17H15N3O3S3/c1-9-14(21)20-13(16(22)23)12(8-24-15(9)20)26-17-18-11(7-25-17)10-3-5-19(2)6-4-10/h3-7,9,15H,8H2,1-2H3/t9-,15-/m1/s1. The first-order chi connectivity index (χ1) is 12.5. The van der Waals surface area contributed by atoms with Crippen molar-refractivity contribution in [3.8, 4) is 11.3 Å². The molecule has 1 amide bonds. The summed E-state index contributed by atoms with van der Waals surface area (Å²) in [5.41, 5.74) is 1.86. The summed E-state index contributed by atoms with van der Waals surface area (Å²) in [6.07, 6.45) is 3.90. The molecule has 6 nitrogen and oxygen atoms in total. The first kappa shape index (κ1) is 17.6. The maximum atomic E-state index is 12.1. The van der Waals surface area contributed by atoms with Gasteiger partial charge in [-0.05, 0) is 0 Å². The Morgan fingerprint density at radius 2 is 2.15 bits per heavy atom. The minimum Gasteiger partial charge on any atom is -0.543 e. The van der Waals surface area contributed by atoms with Crippen molar-refractivity contribution in [3.63, 3.8) is 0 Å². The molecule has 134 valence electrons. The van der Waals surface area contributed by atoms with Crippen molar-refractivity contribution >= 4 is 46.7 Å². The molecule has 0 bridgehead atoms. The Morgan fingerprint density at radius 3 is 2.85 bits per heavy atom. The van der Waals surface area contributed by atoms with Gasteiger partial charge < -0.3 is 9.90 Å². The zero-order chi connectivity index (χ0) is 18.4. The molecule has 1 saturated heterocycles. The van der Waals surface area contributed by atoms with Gasteiger partial charge in [-0.15, -0.1) is 23.1 Å². The Morgan fingerprint density at radius 1 is 1.42 bits per heavy atom. The van der Waals surface area contributed by atoms with E-state index in [2.05, 4.69) is 4.98 Å². The highest BCUT2D eigenvalue weighted by atomic mass is 32.2. The molecular weight excluding hydrogens is 390 g/mol. The number of hydrogen-bond donors (Lipinski definition) is 0. The summed E-state index contributed by atoms with van der Waals surface area (Å²) in [4.78, 5) is 30.3. The number of carboxylic acid groups (broad SMARTS) is 1. The molecular formula is C17H15N3O3S3. The summed E-state index contributed by atoms with van der Waals surface area (Å²) in [7, 11) is 1.95. The number of thioether (sulfide) groups is 2. The zero-order valence-corrected chi connectivity index (χ0v) is 16.5. The van der Waals surface area contributed by atoms with Gasteiger partial charge in [0.15, 0.2) is 16.7 Å². The number of β-lactam (4-membered cyclic amide) rings is 1. The molecule has 2 aliphatic heterocycles. The molecule has 0 aromatic carbocycles. The fraction of sp³-hybridized carbons (Fsp3) is 0.294. The molecule has 0 aliphatic carbocycles. The van der Waals surface area contributed by atoms with Gasteiger partial charge in [-0.2, -0.15) is 0 Å². The van der Waals surface area contributed by atoms with Crippen LogP contribution in [0, 0.1) is 5.92 Å². The van der Waals surface area contributed by atoms with Crippen LogP contribution in [0.15, 0.2) is 44.8 Å². The zero-order valence-electron chi connectivity index (χ0n) is 14.0. The van der Waals surface area contributed by atoms with E-state index in [0.717, 1.165) is 15.6 Å². The predicted octanol–water partition coefficient (Wildman–Crippen LogP) is 1.24. The molecule has 1 fully saturated rings. The van der Waals surface area contributed by atoms with Crippen LogP contribution in [0.5, 0.6) is 0 Å². The summed E-state index contributed by atoms with van der Waals surface area (Å²) < 4.78 is 2.70. The van der Waals surface area contributed by atoms with Gasteiger partial charge >= 0.3 is 0 Å². The molecule has 0 radical (unpaired) electrons. The molecule has 2 aromatic rings. The predicted molar refractivity (Wildman–Crippen MR) is 98.9 cm³/mol. The summed E-state index contributed by atoms with van der Waals surface area (Å²) in [6.45, 7) is 1.83. The highest BCUT2D eigenvalue weighted by Crippen LogP contribution is 2.47. The fourth-order valence-corrected chi connectivity index (χ4v) is 6.42. The molecule has 26 heavy (non-hydrogen) atoms. The molecule has 0 N–H and O–H groups in total. The molecule has 4 heterocycles. The van der Waals surface area contributed by atoms with Gasteiger partial charge in [-0.1, -0.05) is 18.7 Å². The number of aliphatic carboxylic acids is 1. The van der Waals surface area contributed by atoms with Gasteiger partial charge in [-0.3, -0.25) is 9.69 Å². The van der Waals surface area contributed by atoms with E-state index in [-0.39, 0.29) is 22.9 Å². The lowest BCUT2D eigenvalue weighted by atomic mass is 9.99. The van der Waals surface area contributed by atoms with Crippen molar-refractivity contribution in [1.82, 2.24) is 9.88 Å². The Kier molecular flexibility index (Phi) is 4.54. The third-order valence-corrected chi connectivity index (χ3v) is 7.98. The Bertz CT molecular complexity index is 923. The van der Waals surface area contributed by atoms with Gasteiger partial charge in [0.25, 0.3) is 0 Å². The number of pyridine rings is 1. The van der Waals surface area contributed by atoms with Crippen molar-refractivity contribution < 1.29 is 19.3 Å². The maximum absolute atomic E-state index is 12.1. The fourth-order valence-electron chi connectivity index (χ4n) is 2.93. The number of aromatic nitrogens is 2. The SMILES string of the molecule is C[C@@H]1C(=O)N2C(C(=O)[O-])=C(Sc3nc(-c4cc[n+](C)cc4)cs3)CS[C@H]12. The lowest BCUT2D eigenvalue weighted by Gasteiger charge is -2.49. The number of aryl methyl sites for hydroxylation is 1. The minimum atomic E-state index is -1.30. The van der Waals surface area contributed by atoms with Crippen LogP contribution >= 0.6 is 34.9 Å². The third-order valence-electron chi connectivity index (χ3n) is 4.36. The first-order valence-electron chi connectivity index (χ1n) is 7.94. The van der Waals surface area contributed by atoms with Crippen molar-refractivity contribution in [1.29, 1.82) is 0 Å². The molecule has 2 aromatic heterocycles. The molecule has 4 rings (SSSR count). The van der Waals surface area contributed by atoms with E-state index >= 15 is 0 Å². The second-order valence-electron chi connectivity index (χ2n) is 6.11. The van der Waals surface area contributed by atoms with Crippen LogP contribution in [0.2, 0.25) is 0 Å². The average molecular weight is 406 g/mol. The number of amides is 1. The molecule has 2 aliphatic rings. The second-order valence-corrected chi connectivity index (χ2v) is 9.42. The average Bonchev–Trinajstić information content (AvgIpc) is 3.09. The van der Waals surface area contributed by atoms with Crippen LogP contribution in [-0.2, 0) is 16.6 Å². The highest BCUT2D eigenvalue weighted by Gasteiger charge is 2.49. The number of nitrogens with zero attached hydrogens (tertiary/aromatic N) is 3. The lowest BCUT2D eigenvalue weighted by Crippen LogP contribution is -2.61. The summed E-state index contributed by atoms with van der Waals surface area (Å²) in [5, 5.41) is 13.5. The molecule has 2 atom stereocenters. The topological polar surface area (TPSA) is 77.2 Å². The molecule has 9 heteroatoms. The third kappa shape index (κ3) is 2.93. The van der Waals surface area contributed by atoms with Gasteiger partial charge in [0, 0.05) is 33.7 Å². The van der Waals surface area contributed by atoms with Crippen LogP contribution in [-0.4, -0.2) is 32.9 Å². The quantitative estimate of drug-likeness (QED) is 0.563. The number of carbonyl (C=O) groups excluding carboxylic acids is 2. The molecule has 0 spiro atoms. The Balaban J connectivity index is 1.61. The Labute approximate surface area is 162 Å². The molecule has 0 unspecified atom stereocenters. The summed E-state index contributed by atoms with van der Waals surface area (Å²) >= 11 is 4.36. The van der Waals surface area contributed by atoms with E-state index < -0.39 is 5.97 Å². The normalized spacial score (nSPS) is 22.2. The van der Waals surface area contributed by atoms with E-state index in [4.69, 9.17) is 0 Å². The maximum Gasteiger partial charge on any atom is 0.233 e. The number of fused-ring (bicyclic) bond motifs is 1. The van der Waals surface area contributed by atoms with E-state index in [1.165, 1.54) is 28.0 Å². The van der Waals surface area contributed by atoms with Crippen molar-refractivity contribution in [2.45, 2.75) is 16.6 Å². The lowest BCUT2D eigenvalue weighted by molar-refractivity contribution is -0.671. The van der Waals surface area contributed by atoms with E-state index in [1.54, 1.807) is 11.8 Å². The minimum absolute atomic E-state index is 0.00494. The van der Waals surface area contributed by atoms with Crippen molar-refractivity contribution in [2.75, 3.05) is 5.75 Å². The van der Waals surface area contributed by atoms with E-state index in [1.807, 2.05) is 48.4 Å². The number of rotatable bonds is 4. The monoisotopic (exact) mass is 405 g/mol. The number of thiazole rings is 1. The van der Waals surface area contributed by atoms with Gasteiger partial charge in [0.1, 0.15) is 7.05 Å². The number of carboxylic acids is 1. The van der Waals surface area contributed by atoms with Crippen LogP contribution in [0.3, 0.4) is 0 Å². The van der Waals surface area contributed by atoms with Crippen LogP contribution in [0.4, 0.5) is 0 Å². The molecule has 0 saturated carbocycles. The van der Waals surface area contributed by atoms with Crippen molar-refractivity contribution in [3.05, 3.63) is 40.5 Å². The number of hydrogen-bond acceptors (Lipinski definition) is 7. The summed E-state index contributed by atoms with van der Waals surface area (Å²) in [5.74, 6) is -1.06. The Hall–Kier alpha value is -1.84. The number of carbonyl (C=O) groups is 2. The van der Waals surface area contributed by atoms with Crippen molar-refractivity contribution in [2.24, 2.45) is 13.0 Å². The summed E-state index contributed by atoms with van der Waals surface area (Å²) in [6, 6.07) is 3.97. The van der Waals surface area contributed by atoms with Crippen LogP contribution < -0.4 is 9.67 Å². The van der Waals surface area contributed by atoms with Gasteiger partial charge in [0.05, 0.1) is 28.7 Å². The van der Waals surface area contributed by atoms with Crippen LogP contribution in [0.25, 0.3) is 11.3 Å². The van der Waals surface area contributed by atoms with Gasteiger partial charge in [0.2, 0.25) is 5.91 Å². The van der Waals surface area contributed by atoms with Crippen LogP contribution in [0.1, 0.15) is 6.92 Å². The van der Waals surface area contributed by atoms with E-state index in [9.17, 15) is 14.7 Å². The first-order valence-corrected chi connectivity index (χ1v) is 10.7. The smallest absolute Gasteiger partial charge is 0.233 e. The largest absolute Gasteiger partial charge is 0.543 e. The second kappa shape index (κ2) is 6.71. The highest BCUT2D eigenvalue weighted by molar-refractivity contribution is 8.07.